The van der Waals surface area contributed by atoms with Gasteiger partial charge in [0.1, 0.15) is 0 Å². The third-order valence-corrected chi connectivity index (χ3v) is 3.66. The Hall–Kier alpha value is -2.70. The molecule has 2 atom stereocenters. The minimum atomic E-state index is -1.35. The molecule has 0 spiro atoms. The van der Waals surface area contributed by atoms with Gasteiger partial charge in [-0.3, -0.25) is 9.59 Å². The Kier molecular flexibility index (Phi) is 4.55. The molecule has 2 aromatic rings. The molecule has 7 nitrogen and oxygen atoms in total. The Morgan fingerprint density at radius 3 is 2.55 bits per heavy atom. The van der Waals surface area contributed by atoms with Crippen LogP contribution in [-0.4, -0.2) is 28.1 Å². The summed E-state index contributed by atoms with van der Waals surface area (Å²) < 4.78 is 0. The second-order valence-corrected chi connectivity index (χ2v) is 5.10. The number of carbonyl (C=O) groups excluding carboxylic acids is 2. The molecule has 2 rings (SSSR count). The van der Waals surface area contributed by atoms with Crippen molar-refractivity contribution >= 4 is 22.6 Å². The van der Waals surface area contributed by atoms with Crippen molar-refractivity contribution in [2.45, 2.75) is 26.3 Å². The fourth-order valence-electron chi connectivity index (χ4n) is 2.17. The number of H-pyrrole nitrogens is 1. The zero-order chi connectivity index (χ0) is 16.3. The van der Waals surface area contributed by atoms with Gasteiger partial charge in [-0.25, -0.2) is 5.10 Å². The standard InChI is InChI=1S/C15H17N3O4/c1-3-8(2)11(15(21)22)16-14(20)12-9-6-4-5-7-10(9)13(19)18-17-12/h4-8,11H,3H2,1-2H3,(H,16,20)(H,18,19)(H,21,22)/p-1/t8-,11+/m1/s1. The molecule has 116 valence electrons. The maximum absolute atomic E-state index is 12.3. The summed E-state index contributed by atoms with van der Waals surface area (Å²) in [6.07, 6.45) is 0.568. The molecule has 0 saturated carbocycles. The molecule has 0 aliphatic carbocycles. The van der Waals surface area contributed by atoms with Crippen LogP contribution >= 0.6 is 0 Å². The first kappa shape index (κ1) is 15.7. The van der Waals surface area contributed by atoms with Crippen LogP contribution in [0.3, 0.4) is 0 Å². The molecule has 1 heterocycles. The monoisotopic (exact) mass is 302 g/mol. The number of benzene rings is 1. The lowest BCUT2D eigenvalue weighted by Gasteiger charge is -2.25. The van der Waals surface area contributed by atoms with E-state index in [2.05, 4.69) is 15.5 Å². The minimum Gasteiger partial charge on any atom is -0.548 e. The Morgan fingerprint density at radius 2 is 1.95 bits per heavy atom. The number of carboxylic acid groups (broad SMARTS) is 1. The number of aromatic amines is 1. The summed E-state index contributed by atoms with van der Waals surface area (Å²) in [6, 6.07) is 5.37. The van der Waals surface area contributed by atoms with Crippen molar-refractivity contribution in [2.75, 3.05) is 0 Å². The predicted octanol–water partition coefficient (Wildman–Crippen LogP) is -0.183. The number of nitrogens with zero attached hydrogens (tertiary/aromatic N) is 1. The van der Waals surface area contributed by atoms with E-state index >= 15 is 0 Å². The summed E-state index contributed by atoms with van der Waals surface area (Å²) in [7, 11) is 0. The number of nitrogens with one attached hydrogen (secondary N) is 2. The van der Waals surface area contributed by atoms with Crippen LogP contribution in [0.2, 0.25) is 0 Å². The fraction of sp³-hybridized carbons (Fsp3) is 0.333. The molecular formula is C15H16N3O4-. The van der Waals surface area contributed by atoms with E-state index in [0.717, 1.165) is 0 Å². The molecular weight excluding hydrogens is 286 g/mol. The lowest BCUT2D eigenvalue weighted by atomic mass is 9.99. The molecule has 1 amide bonds. The van der Waals surface area contributed by atoms with Gasteiger partial charge in [0.05, 0.1) is 17.4 Å². The Labute approximate surface area is 126 Å². The number of hydrogen-bond acceptors (Lipinski definition) is 5. The molecule has 22 heavy (non-hydrogen) atoms. The highest BCUT2D eigenvalue weighted by Gasteiger charge is 2.22. The van der Waals surface area contributed by atoms with Crippen LogP contribution in [0.5, 0.6) is 0 Å². The summed E-state index contributed by atoms with van der Waals surface area (Å²) in [6.45, 7) is 3.53. The second-order valence-electron chi connectivity index (χ2n) is 5.10. The van der Waals surface area contributed by atoms with Crippen molar-refractivity contribution in [3.63, 3.8) is 0 Å². The maximum Gasteiger partial charge on any atom is 0.272 e. The number of carboxylic acids is 1. The van der Waals surface area contributed by atoms with Gasteiger partial charge in [-0.05, 0) is 12.0 Å². The minimum absolute atomic E-state index is 0.0234. The second kappa shape index (κ2) is 6.38. The van der Waals surface area contributed by atoms with Crippen molar-refractivity contribution in [1.29, 1.82) is 0 Å². The number of rotatable bonds is 5. The third kappa shape index (κ3) is 2.98. The van der Waals surface area contributed by atoms with Crippen LogP contribution < -0.4 is 16.0 Å². The fourth-order valence-corrected chi connectivity index (χ4v) is 2.17. The van der Waals surface area contributed by atoms with Gasteiger partial charge in [-0.15, -0.1) is 0 Å². The summed E-state index contributed by atoms with van der Waals surface area (Å²) in [5, 5.41) is 20.3. The van der Waals surface area contributed by atoms with Crippen molar-refractivity contribution in [3.05, 3.63) is 40.3 Å². The summed E-state index contributed by atoms with van der Waals surface area (Å²) in [5.41, 5.74) is -0.435. The van der Waals surface area contributed by atoms with E-state index in [0.29, 0.717) is 17.2 Å². The average molecular weight is 302 g/mol. The van der Waals surface area contributed by atoms with Crippen molar-refractivity contribution in [1.82, 2.24) is 15.5 Å². The molecule has 1 aromatic carbocycles. The summed E-state index contributed by atoms with van der Waals surface area (Å²) >= 11 is 0. The van der Waals surface area contributed by atoms with Crippen LogP contribution in [0.25, 0.3) is 10.8 Å². The van der Waals surface area contributed by atoms with Gasteiger partial charge >= 0.3 is 0 Å². The molecule has 2 N–H and O–H groups in total. The largest absolute Gasteiger partial charge is 0.548 e. The first-order chi connectivity index (χ1) is 10.5. The molecule has 0 bridgehead atoms. The van der Waals surface area contributed by atoms with Crippen LogP contribution in [0.15, 0.2) is 29.1 Å². The van der Waals surface area contributed by atoms with Crippen LogP contribution in [0, 0.1) is 5.92 Å². The number of carbonyl (C=O) groups is 2. The third-order valence-electron chi connectivity index (χ3n) is 3.66. The van der Waals surface area contributed by atoms with Gasteiger partial charge in [0, 0.05) is 5.39 Å². The van der Waals surface area contributed by atoms with Crippen molar-refractivity contribution in [2.24, 2.45) is 5.92 Å². The molecule has 0 aliphatic heterocycles. The highest BCUT2D eigenvalue weighted by Crippen LogP contribution is 2.13. The highest BCUT2D eigenvalue weighted by atomic mass is 16.4. The molecule has 0 unspecified atom stereocenters. The van der Waals surface area contributed by atoms with Crippen LogP contribution in [0.1, 0.15) is 30.8 Å². The topological polar surface area (TPSA) is 115 Å². The lowest BCUT2D eigenvalue weighted by molar-refractivity contribution is -0.309. The van der Waals surface area contributed by atoms with Gasteiger partial charge in [0.15, 0.2) is 5.69 Å². The number of aromatic nitrogens is 2. The Morgan fingerprint density at radius 1 is 1.32 bits per heavy atom. The molecule has 0 aliphatic rings. The van der Waals surface area contributed by atoms with Gasteiger partial charge in [-0.2, -0.15) is 5.10 Å². The lowest BCUT2D eigenvalue weighted by Crippen LogP contribution is -2.51. The first-order valence-corrected chi connectivity index (χ1v) is 6.94. The first-order valence-electron chi connectivity index (χ1n) is 6.94. The number of fused-ring (bicyclic) bond motifs is 1. The molecule has 0 saturated heterocycles. The predicted molar refractivity (Wildman–Crippen MR) is 78.1 cm³/mol. The summed E-state index contributed by atoms with van der Waals surface area (Å²) in [5.74, 6) is -2.30. The van der Waals surface area contributed by atoms with E-state index in [1.54, 1.807) is 31.2 Å². The average Bonchev–Trinajstić information content (AvgIpc) is 2.52. The normalized spacial score (nSPS) is 13.5. The van der Waals surface area contributed by atoms with E-state index in [9.17, 15) is 19.5 Å². The number of amides is 1. The van der Waals surface area contributed by atoms with Gasteiger partial charge < -0.3 is 15.2 Å². The van der Waals surface area contributed by atoms with Gasteiger partial charge in [-0.1, -0.05) is 38.5 Å². The molecule has 7 heteroatoms. The smallest absolute Gasteiger partial charge is 0.272 e. The molecule has 0 radical (unpaired) electrons. The van der Waals surface area contributed by atoms with Crippen molar-refractivity contribution < 1.29 is 14.7 Å². The SMILES string of the molecule is CC[C@@H](C)[C@H](NC(=O)c1n[nH]c(=O)c2ccccc12)C(=O)[O-]. The van der Waals surface area contributed by atoms with Gasteiger partial charge in [0.25, 0.3) is 11.5 Å². The molecule has 0 fully saturated rings. The quantitative estimate of drug-likeness (QED) is 0.795. The summed E-state index contributed by atoms with van der Waals surface area (Å²) in [4.78, 5) is 35.2. The zero-order valence-corrected chi connectivity index (χ0v) is 12.3. The van der Waals surface area contributed by atoms with Gasteiger partial charge in [0.2, 0.25) is 0 Å². The van der Waals surface area contributed by atoms with Crippen molar-refractivity contribution in [3.8, 4) is 0 Å². The number of aliphatic carboxylic acids is 1. The van der Waals surface area contributed by atoms with Crippen LogP contribution in [-0.2, 0) is 4.79 Å². The van der Waals surface area contributed by atoms with E-state index < -0.39 is 23.5 Å². The van der Waals surface area contributed by atoms with E-state index in [1.807, 2.05) is 6.92 Å². The zero-order valence-electron chi connectivity index (χ0n) is 12.3. The Balaban J connectivity index is 2.40. The Bertz CT molecular complexity index is 769. The van der Waals surface area contributed by atoms with E-state index in [-0.39, 0.29) is 11.6 Å². The van der Waals surface area contributed by atoms with Crippen LogP contribution in [0.4, 0.5) is 0 Å². The van der Waals surface area contributed by atoms with E-state index in [1.165, 1.54) is 0 Å². The number of hydrogen-bond donors (Lipinski definition) is 2. The molecule has 1 aromatic heterocycles. The van der Waals surface area contributed by atoms with E-state index in [4.69, 9.17) is 0 Å². The maximum atomic E-state index is 12.3. The highest BCUT2D eigenvalue weighted by molar-refractivity contribution is 6.05.